The van der Waals surface area contributed by atoms with Crippen molar-refractivity contribution in [2.75, 3.05) is 13.1 Å². The molecular weight excluding hydrogens is 250 g/mol. The van der Waals surface area contributed by atoms with E-state index in [1.54, 1.807) is 4.90 Å². The fraction of sp³-hybridized carbons (Fsp3) is 0.500. The second kappa shape index (κ2) is 5.29. The van der Waals surface area contributed by atoms with Gasteiger partial charge in [-0.05, 0) is 23.6 Å². The zero-order chi connectivity index (χ0) is 13.3. The molecule has 0 aliphatic carbocycles. The first kappa shape index (κ1) is 13.4. The number of β-amino-alcohol motifs (C(OH)–C–C–N with tert-alkyl or cyclic N) is 1. The molecule has 0 radical (unpaired) electrons. The van der Waals surface area contributed by atoms with Gasteiger partial charge in [-0.1, -0.05) is 37.6 Å². The van der Waals surface area contributed by atoms with E-state index in [0.29, 0.717) is 18.1 Å². The third kappa shape index (κ3) is 2.68. The van der Waals surface area contributed by atoms with E-state index in [1.165, 1.54) is 0 Å². The number of aliphatic hydroxyl groups excluding tert-OH is 1. The lowest BCUT2D eigenvalue weighted by Gasteiger charge is -2.39. The van der Waals surface area contributed by atoms with E-state index in [0.717, 1.165) is 5.56 Å². The standard InChI is InChI=1S/C14H18ClNO2/c1-9(2)13(10-3-5-11(15)6-4-10)14(18)16-7-12(17)8-16/h3-6,9,12-13,17H,7-8H2,1-2H3. The van der Waals surface area contributed by atoms with Crippen LogP contribution in [0.3, 0.4) is 0 Å². The van der Waals surface area contributed by atoms with Gasteiger partial charge in [0.1, 0.15) is 0 Å². The third-order valence-corrected chi connectivity index (χ3v) is 3.59. The van der Waals surface area contributed by atoms with E-state index in [1.807, 2.05) is 38.1 Å². The molecule has 0 bridgehead atoms. The first-order valence-electron chi connectivity index (χ1n) is 6.21. The molecule has 0 aromatic heterocycles. The number of likely N-dealkylation sites (tertiary alicyclic amines) is 1. The van der Waals surface area contributed by atoms with Crippen molar-refractivity contribution in [3.05, 3.63) is 34.9 Å². The maximum Gasteiger partial charge on any atom is 0.230 e. The van der Waals surface area contributed by atoms with Gasteiger partial charge < -0.3 is 10.0 Å². The Morgan fingerprint density at radius 2 is 1.89 bits per heavy atom. The smallest absolute Gasteiger partial charge is 0.230 e. The molecule has 1 N–H and O–H groups in total. The summed E-state index contributed by atoms with van der Waals surface area (Å²) < 4.78 is 0. The number of halogens is 1. The van der Waals surface area contributed by atoms with E-state index in [4.69, 9.17) is 11.6 Å². The summed E-state index contributed by atoms with van der Waals surface area (Å²) in [6.45, 7) is 4.98. The zero-order valence-electron chi connectivity index (χ0n) is 10.6. The predicted molar refractivity (Wildman–Crippen MR) is 71.6 cm³/mol. The van der Waals surface area contributed by atoms with Crippen molar-refractivity contribution in [2.45, 2.75) is 25.9 Å². The number of carbonyl (C=O) groups excluding carboxylic acids is 1. The number of rotatable bonds is 3. The highest BCUT2D eigenvalue weighted by molar-refractivity contribution is 6.30. The van der Waals surface area contributed by atoms with Gasteiger partial charge in [0.05, 0.1) is 12.0 Å². The maximum atomic E-state index is 12.4. The lowest BCUT2D eigenvalue weighted by Crippen LogP contribution is -2.55. The number of benzene rings is 1. The summed E-state index contributed by atoms with van der Waals surface area (Å²) in [5.41, 5.74) is 0.987. The minimum atomic E-state index is -0.355. The van der Waals surface area contributed by atoms with Crippen molar-refractivity contribution < 1.29 is 9.90 Å². The molecule has 1 amide bonds. The van der Waals surface area contributed by atoms with Crippen LogP contribution in [-0.4, -0.2) is 35.1 Å². The maximum absolute atomic E-state index is 12.4. The molecule has 0 spiro atoms. The molecule has 1 atom stereocenters. The summed E-state index contributed by atoms with van der Waals surface area (Å²) in [4.78, 5) is 14.1. The first-order valence-corrected chi connectivity index (χ1v) is 6.59. The number of carbonyl (C=O) groups is 1. The van der Waals surface area contributed by atoms with Crippen LogP contribution in [0.25, 0.3) is 0 Å². The minimum Gasteiger partial charge on any atom is -0.389 e. The summed E-state index contributed by atoms with van der Waals surface area (Å²) in [7, 11) is 0. The lowest BCUT2D eigenvalue weighted by molar-refractivity contribution is -0.144. The molecule has 1 aromatic carbocycles. The summed E-state index contributed by atoms with van der Waals surface area (Å²) in [5.74, 6) is 0.156. The predicted octanol–water partition coefficient (Wildman–Crippen LogP) is 2.28. The monoisotopic (exact) mass is 267 g/mol. The molecule has 2 rings (SSSR count). The fourth-order valence-corrected chi connectivity index (χ4v) is 2.44. The average Bonchev–Trinajstić information content (AvgIpc) is 2.27. The van der Waals surface area contributed by atoms with Crippen molar-refractivity contribution in [3.8, 4) is 0 Å². The molecule has 1 fully saturated rings. The van der Waals surface area contributed by atoms with Crippen LogP contribution in [0.1, 0.15) is 25.3 Å². The Bertz CT molecular complexity index is 424. The topological polar surface area (TPSA) is 40.5 Å². The molecule has 1 saturated heterocycles. The number of amides is 1. The van der Waals surface area contributed by atoms with Crippen molar-refractivity contribution in [1.82, 2.24) is 4.90 Å². The third-order valence-electron chi connectivity index (χ3n) is 3.34. The van der Waals surface area contributed by atoms with Gasteiger partial charge in [-0.25, -0.2) is 0 Å². The summed E-state index contributed by atoms with van der Waals surface area (Å²) in [6.07, 6.45) is -0.355. The Morgan fingerprint density at radius 1 is 1.33 bits per heavy atom. The lowest BCUT2D eigenvalue weighted by atomic mass is 9.86. The Balaban J connectivity index is 2.18. The van der Waals surface area contributed by atoms with Crippen molar-refractivity contribution in [3.63, 3.8) is 0 Å². The molecule has 1 unspecified atom stereocenters. The Morgan fingerprint density at radius 3 is 2.33 bits per heavy atom. The van der Waals surface area contributed by atoms with Gasteiger partial charge in [0.25, 0.3) is 0 Å². The normalized spacial score (nSPS) is 17.7. The molecule has 4 heteroatoms. The highest BCUT2D eigenvalue weighted by Gasteiger charge is 2.35. The van der Waals surface area contributed by atoms with Gasteiger partial charge in [0.2, 0.25) is 5.91 Å². The van der Waals surface area contributed by atoms with Crippen LogP contribution in [0, 0.1) is 5.92 Å². The second-order valence-corrected chi connectivity index (χ2v) is 5.61. The van der Waals surface area contributed by atoms with Crippen LogP contribution in [0.4, 0.5) is 0 Å². The summed E-state index contributed by atoms with van der Waals surface area (Å²) in [6, 6.07) is 7.43. The van der Waals surface area contributed by atoms with Crippen LogP contribution in [0.5, 0.6) is 0 Å². The molecule has 3 nitrogen and oxygen atoms in total. The largest absolute Gasteiger partial charge is 0.389 e. The number of hydrogen-bond donors (Lipinski definition) is 1. The highest BCUT2D eigenvalue weighted by atomic mass is 35.5. The highest BCUT2D eigenvalue weighted by Crippen LogP contribution is 2.29. The molecule has 1 aliphatic rings. The van der Waals surface area contributed by atoms with Crippen LogP contribution in [0.2, 0.25) is 5.02 Å². The van der Waals surface area contributed by atoms with Crippen molar-refractivity contribution in [2.24, 2.45) is 5.92 Å². The molecule has 98 valence electrons. The number of hydrogen-bond acceptors (Lipinski definition) is 2. The Labute approximate surface area is 112 Å². The minimum absolute atomic E-state index is 0.0950. The number of nitrogens with zero attached hydrogens (tertiary/aromatic N) is 1. The Kier molecular flexibility index (Phi) is 3.93. The van der Waals surface area contributed by atoms with Crippen molar-refractivity contribution >= 4 is 17.5 Å². The van der Waals surface area contributed by atoms with Gasteiger partial charge in [-0.3, -0.25) is 4.79 Å². The molecule has 1 aliphatic heterocycles. The van der Waals surface area contributed by atoms with Gasteiger partial charge in [0, 0.05) is 18.1 Å². The fourth-order valence-electron chi connectivity index (χ4n) is 2.31. The Hall–Kier alpha value is -1.06. The van der Waals surface area contributed by atoms with Gasteiger partial charge in [-0.2, -0.15) is 0 Å². The van der Waals surface area contributed by atoms with Crippen LogP contribution in [-0.2, 0) is 4.79 Å². The first-order chi connectivity index (χ1) is 8.49. The van der Waals surface area contributed by atoms with E-state index < -0.39 is 0 Å². The van der Waals surface area contributed by atoms with Gasteiger partial charge in [0.15, 0.2) is 0 Å². The molecule has 1 heterocycles. The quantitative estimate of drug-likeness (QED) is 0.913. The molecular formula is C14H18ClNO2. The average molecular weight is 268 g/mol. The van der Waals surface area contributed by atoms with E-state index in [2.05, 4.69) is 0 Å². The van der Waals surface area contributed by atoms with Gasteiger partial charge in [-0.15, -0.1) is 0 Å². The van der Waals surface area contributed by atoms with E-state index in [9.17, 15) is 9.90 Å². The SMILES string of the molecule is CC(C)C(C(=O)N1CC(O)C1)c1ccc(Cl)cc1. The second-order valence-electron chi connectivity index (χ2n) is 5.17. The van der Waals surface area contributed by atoms with E-state index >= 15 is 0 Å². The van der Waals surface area contributed by atoms with Crippen molar-refractivity contribution in [1.29, 1.82) is 0 Å². The summed E-state index contributed by atoms with van der Waals surface area (Å²) in [5, 5.41) is 9.96. The van der Waals surface area contributed by atoms with Crippen LogP contribution < -0.4 is 0 Å². The van der Waals surface area contributed by atoms with E-state index in [-0.39, 0.29) is 23.8 Å². The van der Waals surface area contributed by atoms with Crippen LogP contribution in [0.15, 0.2) is 24.3 Å². The summed E-state index contributed by atoms with van der Waals surface area (Å²) >= 11 is 5.87. The molecule has 1 aromatic rings. The zero-order valence-corrected chi connectivity index (χ0v) is 11.4. The van der Waals surface area contributed by atoms with Gasteiger partial charge >= 0.3 is 0 Å². The number of aliphatic hydroxyl groups is 1. The molecule has 0 saturated carbocycles. The van der Waals surface area contributed by atoms with Crippen LogP contribution >= 0.6 is 11.6 Å². The molecule has 18 heavy (non-hydrogen) atoms.